The van der Waals surface area contributed by atoms with Crippen molar-refractivity contribution in [2.75, 3.05) is 18.0 Å². The van der Waals surface area contributed by atoms with Crippen molar-refractivity contribution in [3.63, 3.8) is 0 Å². The number of ether oxygens (including phenoxy) is 1. The first-order valence-electron chi connectivity index (χ1n) is 12.1. The van der Waals surface area contributed by atoms with Crippen molar-refractivity contribution in [1.29, 1.82) is 0 Å². The number of aryl methyl sites for hydroxylation is 1. The molecule has 4 aromatic rings. The molecule has 2 N–H and O–H groups in total. The lowest BCUT2D eigenvalue weighted by Gasteiger charge is -2.37. The quantitative estimate of drug-likeness (QED) is 0.326. The van der Waals surface area contributed by atoms with Gasteiger partial charge in [-0.1, -0.05) is 54.6 Å². The number of nitrogens with zero attached hydrogens (tertiary/aromatic N) is 1. The van der Waals surface area contributed by atoms with E-state index in [0.717, 1.165) is 35.7 Å². The number of aromatic carboxylic acids is 1. The number of hydrogen-bond donors (Lipinski definition) is 2. The third kappa shape index (κ3) is 4.86. The number of carbonyl (C=O) groups is 1. The lowest BCUT2D eigenvalue weighted by atomic mass is 9.99. The Labute approximate surface area is 206 Å². The van der Waals surface area contributed by atoms with Gasteiger partial charge in [0.1, 0.15) is 11.9 Å². The summed E-state index contributed by atoms with van der Waals surface area (Å²) in [6.45, 7) is 5.59. The fourth-order valence-electron chi connectivity index (χ4n) is 4.93. The number of nitrogens with one attached hydrogen (secondary N) is 1. The van der Waals surface area contributed by atoms with E-state index in [1.165, 1.54) is 16.3 Å². The molecule has 35 heavy (non-hydrogen) atoms. The maximum Gasteiger partial charge on any atom is 0.335 e. The monoisotopic (exact) mass is 466 g/mol. The first kappa shape index (κ1) is 22.9. The van der Waals surface area contributed by atoms with E-state index in [4.69, 9.17) is 4.74 Å². The van der Waals surface area contributed by atoms with E-state index in [1.807, 2.05) is 37.3 Å². The van der Waals surface area contributed by atoms with Crippen molar-refractivity contribution >= 4 is 28.1 Å². The molecule has 5 nitrogen and oxygen atoms in total. The summed E-state index contributed by atoms with van der Waals surface area (Å²) in [5.74, 6) is -0.0936. The van der Waals surface area contributed by atoms with Crippen LogP contribution >= 0.6 is 0 Å². The molecule has 1 aliphatic rings. The van der Waals surface area contributed by atoms with E-state index in [0.29, 0.717) is 12.1 Å². The Morgan fingerprint density at radius 3 is 2.69 bits per heavy atom. The largest absolute Gasteiger partial charge is 0.486 e. The number of hydrogen-bond acceptors (Lipinski definition) is 4. The molecule has 2 unspecified atom stereocenters. The van der Waals surface area contributed by atoms with Crippen LogP contribution in [0.3, 0.4) is 0 Å². The molecule has 0 spiro atoms. The van der Waals surface area contributed by atoms with Gasteiger partial charge in [0.15, 0.2) is 0 Å². The molecule has 0 saturated heterocycles. The first-order valence-corrected chi connectivity index (χ1v) is 12.1. The van der Waals surface area contributed by atoms with E-state index < -0.39 is 5.97 Å². The first-order chi connectivity index (χ1) is 17.0. The zero-order valence-corrected chi connectivity index (χ0v) is 20.1. The lowest BCUT2D eigenvalue weighted by molar-refractivity contribution is 0.0697. The normalized spacial score (nSPS) is 15.9. The average molecular weight is 467 g/mol. The minimum absolute atomic E-state index is 0.0223. The molecule has 0 amide bonds. The molecule has 0 aromatic heterocycles. The zero-order valence-electron chi connectivity index (χ0n) is 20.1. The fraction of sp³-hybridized carbons (Fsp3) is 0.233. The van der Waals surface area contributed by atoms with Gasteiger partial charge < -0.3 is 20.1 Å². The van der Waals surface area contributed by atoms with Gasteiger partial charge in [0.05, 0.1) is 17.8 Å². The summed E-state index contributed by atoms with van der Waals surface area (Å²) < 4.78 is 6.35. The number of para-hydroxylation sites is 2. The van der Waals surface area contributed by atoms with Gasteiger partial charge in [-0.25, -0.2) is 4.79 Å². The summed E-state index contributed by atoms with van der Waals surface area (Å²) in [4.78, 5) is 13.8. The average Bonchev–Trinajstić information content (AvgIpc) is 2.87. The standard InChI is InChI=1S/C30H30N2O3/c1-20-16-23(30(33)34)18-24(17-20)32-19-25(35-29-13-6-5-12-28(29)32)14-15-31-21(2)26-11-7-9-22-8-3-4-10-27(22)26/h3-13,16-18,21,25,31H,14-15,19H2,1-2H3,(H,33,34). The third-order valence-corrected chi connectivity index (χ3v) is 6.66. The van der Waals surface area contributed by atoms with Crippen LogP contribution in [-0.4, -0.2) is 30.3 Å². The molecular formula is C30H30N2O3. The van der Waals surface area contributed by atoms with Crippen LogP contribution in [-0.2, 0) is 0 Å². The van der Waals surface area contributed by atoms with E-state index in [1.54, 1.807) is 12.1 Å². The van der Waals surface area contributed by atoms with E-state index in [-0.39, 0.29) is 12.1 Å². The minimum atomic E-state index is -0.917. The van der Waals surface area contributed by atoms with Crippen LogP contribution in [0.2, 0.25) is 0 Å². The summed E-state index contributed by atoms with van der Waals surface area (Å²) >= 11 is 0. The molecular weight excluding hydrogens is 436 g/mol. The number of carboxylic acids is 1. The highest BCUT2D eigenvalue weighted by Gasteiger charge is 2.27. The van der Waals surface area contributed by atoms with Crippen molar-refractivity contribution < 1.29 is 14.6 Å². The molecule has 0 fully saturated rings. The molecule has 4 aromatic carbocycles. The van der Waals surface area contributed by atoms with Crippen molar-refractivity contribution in [1.82, 2.24) is 5.32 Å². The second-order valence-electron chi connectivity index (χ2n) is 9.21. The summed E-state index contributed by atoms with van der Waals surface area (Å²) in [6.07, 6.45) is 0.809. The van der Waals surface area contributed by atoms with Crippen molar-refractivity contribution in [2.24, 2.45) is 0 Å². The number of fused-ring (bicyclic) bond motifs is 2. The Kier molecular flexibility index (Phi) is 6.43. The summed E-state index contributed by atoms with van der Waals surface area (Å²) in [5.41, 5.74) is 4.35. The Balaban J connectivity index is 1.32. The molecule has 0 saturated carbocycles. The van der Waals surface area contributed by atoms with Gasteiger partial charge in [0.25, 0.3) is 0 Å². The summed E-state index contributed by atoms with van der Waals surface area (Å²) in [5, 5.41) is 15.8. The number of anilines is 2. The van der Waals surface area contributed by atoms with E-state index >= 15 is 0 Å². The highest BCUT2D eigenvalue weighted by Crippen LogP contribution is 2.39. The maximum atomic E-state index is 11.7. The van der Waals surface area contributed by atoms with Crippen LogP contribution in [0.25, 0.3) is 10.8 Å². The highest BCUT2D eigenvalue weighted by atomic mass is 16.5. The predicted octanol–water partition coefficient (Wildman–Crippen LogP) is 6.49. The van der Waals surface area contributed by atoms with Crippen LogP contribution in [0.5, 0.6) is 5.75 Å². The topological polar surface area (TPSA) is 61.8 Å². The van der Waals surface area contributed by atoms with Gasteiger partial charge in [0, 0.05) is 11.7 Å². The molecule has 178 valence electrons. The van der Waals surface area contributed by atoms with E-state index in [2.05, 4.69) is 59.6 Å². The number of benzene rings is 4. The van der Waals surface area contributed by atoms with Crippen LogP contribution in [0, 0.1) is 6.92 Å². The second kappa shape index (κ2) is 9.80. The summed E-state index contributed by atoms with van der Waals surface area (Å²) in [7, 11) is 0. The van der Waals surface area contributed by atoms with Crippen molar-refractivity contribution in [3.05, 3.63) is 102 Å². The van der Waals surface area contributed by atoms with Gasteiger partial charge in [-0.15, -0.1) is 0 Å². The fourth-order valence-corrected chi connectivity index (χ4v) is 4.93. The Bertz CT molecular complexity index is 1360. The van der Waals surface area contributed by atoms with Crippen LogP contribution < -0.4 is 15.0 Å². The predicted molar refractivity (Wildman–Crippen MR) is 141 cm³/mol. The maximum absolute atomic E-state index is 11.7. The molecule has 0 bridgehead atoms. The van der Waals surface area contributed by atoms with Crippen LogP contribution in [0.15, 0.2) is 84.9 Å². The lowest BCUT2D eigenvalue weighted by Crippen LogP contribution is -2.39. The molecule has 0 radical (unpaired) electrons. The van der Waals surface area contributed by atoms with Gasteiger partial charge in [-0.2, -0.15) is 0 Å². The Morgan fingerprint density at radius 2 is 1.83 bits per heavy atom. The molecule has 1 aliphatic heterocycles. The zero-order chi connectivity index (χ0) is 24.4. The van der Waals surface area contributed by atoms with E-state index in [9.17, 15) is 9.90 Å². The molecule has 5 heteroatoms. The van der Waals surface area contributed by atoms with Crippen molar-refractivity contribution in [3.8, 4) is 5.75 Å². The Hall–Kier alpha value is -3.83. The summed E-state index contributed by atoms with van der Waals surface area (Å²) in [6, 6.07) is 28.6. The second-order valence-corrected chi connectivity index (χ2v) is 9.21. The third-order valence-electron chi connectivity index (χ3n) is 6.66. The molecule has 5 rings (SSSR count). The molecule has 0 aliphatic carbocycles. The smallest absolute Gasteiger partial charge is 0.335 e. The van der Waals surface area contributed by atoms with Gasteiger partial charge in [-0.05, 0) is 79.0 Å². The highest BCUT2D eigenvalue weighted by molar-refractivity contribution is 5.90. The van der Waals surface area contributed by atoms with Gasteiger partial charge in [0.2, 0.25) is 0 Å². The number of carboxylic acid groups (broad SMARTS) is 1. The number of rotatable bonds is 7. The molecule has 1 heterocycles. The van der Waals surface area contributed by atoms with Gasteiger partial charge in [-0.3, -0.25) is 0 Å². The Morgan fingerprint density at radius 1 is 1.06 bits per heavy atom. The minimum Gasteiger partial charge on any atom is -0.486 e. The van der Waals surface area contributed by atoms with Crippen LogP contribution in [0.1, 0.15) is 40.9 Å². The SMILES string of the molecule is Cc1cc(C(=O)O)cc(N2CC(CCNC(C)c3cccc4ccccc34)Oc3ccccc32)c1. The van der Waals surface area contributed by atoms with Crippen LogP contribution in [0.4, 0.5) is 11.4 Å². The van der Waals surface area contributed by atoms with Crippen molar-refractivity contribution in [2.45, 2.75) is 32.4 Å². The van der Waals surface area contributed by atoms with Gasteiger partial charge >= 0.3 is 5.97 Å². The molecule has 2 atom stereocenters.